The van der Waals surface area contributed by atoms with Gasteiger partial charge in [0.15, 0.2) is 0 Å². The number of anilines is 1. The molecule has 5 rings (SSSR count). The van der Waals surface area contributed by atoms with Crippen LogP contribution in [0.4, 0.5) is 5.82 Å². The normalized spacial score (nSPS) is 22.0. The number of nitrogens with zero attached hydrogens (tertiary/aromatic N) is 5. The van der Waals surface area contributed by atoms with Gasteiger partial charge in [-0.05, 0) is 26.7 Å². The average Bonchev–Trinajstić information content (AvgIpc) is 3.23. The third-order valence-electron chi connectivity index (χ3n) is 5.04. The van der Waals surface area contributed by atoms with Crippen LogP contribution in [0.1, 0.15) is 26.7 Å². The van der Waals surface area contributed by atoms with Crippen molar-refractivity contribution in [3.8, 4) is 17.3 Å². The Hall–Kier alpha value is -2.74. The van der Waals surface area contributed by atoms with Gasteiger partial charge >= 0.3 is 0 Å². The highest BCUT2D eigenvalue weighted by molar-refractivity contribution is 5.92. The van der Waals surface area contributed by atoms with Crippen molar-refractivity contribution >= 4 is 16.7 Å². The summed E-state index contributed by atoms with van der Waals surface area (Å²) in [5, 5.41) is 8.43. The van der Waals surface area contributed by atoms with Crippen molar-refractivity contribution in [2.45, 2.75) is 45.0 Å². The smallest absolute Gasteiger partial charge is 0.214 e. The molecule has 3 aromatic heterocycles. The summed E-state index contributed by atoms with van der Waals surface area (Å²) in [6.45, 7) is 5.72. The average molecular weight is 366 g/mol. The fourth-order valence-corrected chi connectivity index (χ4v) is 3.85. The van der Waals surface area contributed by atoms with Crippen LogP contribution >= 0.6 is 0 Å². The number of hydrogen-bond acceptors (Lipinski definition) is 7. The number of morpholine rings is 1. The molecule has 0 radical (unpaired) electrons. The predicted octanol–water partition coefficient (Wildman–Crippen LogP) is 2.57. The van der Waals surface area contributed by atoms with Gasteiger partial charge in [-0.25, -0.2) is 15.0 Å². The Balaban J connectivity index is 1.49. The van der Waals surface area contributed by atoms with Crippen LogP contribution in [0, 0.1) is 0 Å². The van der Waals surface area contributed by atoms with Crippen LogP contribution in [0.25, 0.3) is 22.3 Å². The van der Waals surface area contributed by atoms with Gasteiger partial charge in [0.25, 0.3) is 0 Å². The van der Waals surface area contributed by atoms with Gasteiger partial charge in [0.05, 0.1) is 35.7 Å². The molecule has 0 aliphatic carbocycles. The highest BCUT2D eigenvalue weighted by atomic mass is 16.5. The van der Waals surface area contributed by atoms with E-state index >= 15 is 0 Å². The van der Waals surface area contributed by atoms with E-state index in [4.69, 9.17) is 9.47 Å². The minimum Gasteiger partial charge on any atom is -0.475 e. The van der Waals surface area contributed by atoms with Crippen LogP contribution in [0.5, 0.6) is 5.88 Å². The Labute approximate surface area is 156 Å². The van der Waals surface area contributed by atoms with Crippen molar-refractivity contribution in [3.63, 3.8) is 0 Å². The number of pyridine rings is 1. The molecule has 8 nitrogen and oxygen atoms in total. The molecule has 2 unspecified atom stereocenters. The van der Waals surface area contributed by atoms with Crippen molar-refractivity contribution in [3.05, 3.63) is 24.7 Å². The Morgan fingerprint density at radius 3 is 2.74 bits per heavy atom. The Morgan fingerprint density at radius 2 is 1.96 bits per heavy atom. The molecule has 0 saturated carbocycles. The molecule has 8 heteroatoms. The number of rotatable bonds is 4. The molecule has 2 aliphatic rings. The summed E-state index contributed by atoms with van der Waals surface area (Å²) in [5.74, 6) is 1.50. The summed E-state index contributed by atoms with van der Waals surface area (Å²) >= 11 is 0. The van der Waals surface area contributed by atoms with Crippen LogP contribution in [0.15, 0.2) is 24.7 Å². The molecule has 140 valence electrons. The van der Waals surface area contributed by atoms with Crippen LogP contribution < -0.4 is 9.64 Å². The van der Waals surface area contributed by atoms with Crippen LogP contribution in [0.2, 0.25) is 0 Å². The largest absolute Gasteiger partial charge is 0.475 e. The SMILES string of the molecule is CC(C)Oc1cc2c(-c3cc(N4CC5CCC(C4)O5)ncn3)n[nH]c2cn1. The number of hydrogen-bond donors (Lipinski definition) is 1. The van der Waals surface area contributed by atoms with Crippen molar-refractivity contribution in [1.29, 1.82) is 0 Å². The summed E-state index contributed by atoms with van der Waals surface area (Å²) in [7, 11) is 0. The van der Waals surface area contributed by atoms with Crippen molar-refractivity contribution in [2.24, 2.45) is 0 Å². The molecule has 2 fully saturated rings. The third-order valence-corrected chi connectivity index (χ3v) is 5.04. The van der Waals surface area contributed by atoms with E-state index in [1.807, 2.05) is 26.0 Å². The van der Waals surface area contributed by atoms with Crippen LogP contribution in [0.3, 0.4) is 0 Å². The van der Waals surface area contributed by atoms with Gasteiger partial charge in [-0.15, -0.1) is 0 Å². The number of ether oxygens (including phenoxy) is 2. The van der Waals surface area contributed by atoms with Gasteiger partial charge in [0, 0.05) is 30.6 Å². The number of nitrogens with one attached hydrogen (secondary N) is 1. The first-order chi connectivity index (χ1) is 13.2. The lowest BCUT2D eigenvalue weighted by Crippen LogP contribution is -2.43. The van der Waals surface area contributed by atoms with Crippen molar-refractivity contribution in [1.82, 2.24) is 25.1 Å². The zero-order chi connectivity index (χ0) is 18.4. The van der Waals surface area contributed by atoms with E-state index in [0.29, 0.717) is 18.1 Å². The molecular formula is C19H22N6O2. The van der Waals surface area contributed by atoms with E-state index in [0.717, 1.165) is 54.0 Å². The first-order valence-corrected chi connectivity index (χ1v) is 9.39. The lowest BCUT2D eigenvalue weighted by molar-refractivity contribution is 0.0302. The Morgan fingerprint density at radius 1 is 1.15 bits per heavy atom. The fourth-order valence-electron chi connectivity index (χ4n) is 3.85. The molecular weight excluding hydrogens is 344 g/mol. The predicted molar refractivity (Wildman–Crippen MR) is 101 cm³/mol. The van der Waals surface area contributed by atoms with Crippen LogP contribution in [-0.2, 0) is 4.74 Å². The standard InChI is InChI=1S/C19H22N6O2/c1-11(2)26-18-5-14-16(7-20-18)23-24-19(14)15-6-17(22-10-21-15)25-8-12-3-4-13(9-25)27-12/h5-7,10-13H,3-4,8-9H2,1-2H3,(H,23,24). The van der Waals surface area contributed by atoms with Gasteiger partial charge in [0.2, 0.25) is 5.88 Å². The zero-order valence-corrected chi connectivity index (χ0v) is 15.4. The minimum atomic E-state index is 0.0626. The molecule has 5 heterocycles. The lowest BCUT2D eigenvalue weighted by atomic mass is 10.2. The third kappa shape index (κ3) is 3.10. The van der Waals surface area contributed by atoms with Gasteiger partial charge in [-0.1, -0.05) is 0 Å². The van der Waals surface area contributed by atoms with E-state index in [9.17, 15) is 0 Å². The molecule has 27 heavy (non-hydrogen) atoms. The first kappa shape index (κ1) is 16.4. The molecule has 2 atom stereocenters. The number of fused-ring (bicyclic) bond motifs is 3. The van der Waals surface area contributed by atoms with Gasteiger partial charge < -0.3 is 14.4 Å². The molecule has 2 aliphatic heterocycles. The van der Waals surface area contributed by atoms with Crippen molar-refractivity contribution < 1.29 is 9.47 Å². The topological polar surface area (TPSA) is 89.0 Å². The zero-order valence-electron chi connectivity index (χ0n) is 15.4. The first-order valence-electron chi connectivity index (χ1n) is 9.39. The number of aromatic nitrogens is 5. The summed E-state index contributed by atoms with van der Waals surface area (Å²) < 4.78 is 11.7. The second-order valence-corrected chi connectivity index (χ2v) is 7.43. The molecule has 2 bridgehead atoms. The van der Waals surface area contributed by atoms with Crippen molar-refractivity contribution in [2.75, 3.05) is 18.0 Å². The van der Waals surface area contributed by atoms with E-state index in [1.54, 1.807) is 12.5 Å². The molecule has 0 spiro atoms. The Bertz CT molecular complexity index is 960. The van der Waals surface area contributed by atoms with Gasteiger partial charge in [0.1, 0.15) is 17.8 Å². The Kier molecular flexibility index (Phi) is 3.93. The maximum absolute atomic E-state index is 5.93. The van der Waals surface area contributed by atoms with E-state index < -0.39 is 0 Å². The van der Waals surface area contributed by atoms with E-state index in [1.165, 1.54) is 0 Å². The monoisotopic (exact) mass is 366 g/mol. The minimum absolute atomic E-state index is 0.0626. The fraction of sp³-hybridized carbons (Fsp3) is 0.474. The highest BCUT2D eigenvalue weighted by Gasteiger charge is 2.34. The van der Waals surface area contributed by atoms with Crippen LogP contribution in [-0.4, -0.2) is 56.6 Å². The maximum atomic E-state index is 5.93. The summed E-state index contributed by atoms with van der Waals surface area (Å²) in [4.78, 5) is 15.6. The second kappa shape index (κ2) is 6.45. The van der Waals surface area contributed by atoms with E-state index in [2.05, 4.69) is 30.0 Å². The maximum Gasteiger partial charge on any atom is 0.214 e. The number of H-pyrrole nitrogens is 1. The summed E-state index contributed by atoms with van der Waals surface area (Å²) in [5.41, 5.74) is 2.42. The quantitative estimate of drug-likeness (QED) is 0.759. The lowest BCUT2D eigenvalue weighted by Gasteiger charge is -2.32. The summed E-state index contributed by atoms with van der Waals surface area (Å²) in [6.07, 6.45) is 6.31. The summed E-state index contributed by atoms with van der Waals surface area (Å²) in [6, 6.07) is 3.91. The molecule has 0 aromatic carbocycles. The molecule has 1 N–H and O–H groups in total. The molecule has 0 amide bonds. The molecule has 3 aromatic rings. The van der Waals surface area contributed by atoms with Gasteiger partial charge in [-0.2, -0.15) is 5.10 Å². The number of aromatic amines is 1. The second-order valence-electron chi connectivity index (χ2n) is 7.43. The highest BCUT2D eigenvalue weighted by Crippen LogP contribution is 2.31. The van der Waals surface area contributed by atoms with Gasteiger partial charge in [-0.3, -0.25) is 5.10 Å². The molecule has 2 saturated heterocycles. The van der Waals surface area contributed by atoms with E-state index in [-0.39, 0.29) is 6.10 Å².